The lowest BCUT2D eigenvalue weighted by molar-refractivity contribution is -0.137. The summed E-state index contributed by atoms with van der Waals surface area (Å²) in [6.45, 7) is 8.54. The molecule has 2 aliphatic rings. The van der Waals surface area contributed by atoms with Crippen LogP contribution >= 0.6 is 11.8 Å². The summed E-state index contributed by atoms with van der Waals surface area (Å²) in [5.74, 6) is 0.973. The molecule has 35 heavy (non-hydrogen) atoms. The normalized spacial score (nSPS) is 18.1. The van der Waals surface area contributed by atoms with E-state index in [1.54, 1.807) is 11.8 Å². The van der Waals surface area contributed by atoms with Crippen LogP contribution in [-0.4, -0.2) is 16.8 Å². The van der Waals surface area contributed by atoms with Crippen molar-refractivity contribution in [1.29, 1.82) is 5.26 Å². The highest BCUT2D eigenvalue weighted by Gasteiger charge is 2.31. The van der Waals surface area contributed by atoms with E-state index >= 15 is 0 Å². The first kappa shape index (κ1) is 23.5. The Morgan fingerprint density at radius 3 is 2.46 bits per heavy atom. The van der Waals surface area contributed by atoms with Gasteiger partial charge in [0.25, 0.3) is 0 Å². The van der Waals surface area contributed by atoms with Crippen LogP contribution in [0.3, 0.4) is 0 Å². The van der Waals surface area contributed by atoms with Crippen molar-refractivity contribution in [2.24, 2.45) is 0 Å². The number of nitriles is 1. The lowest BCUT2D eigenvalue weighted by Crippen LogP contribution is -2.07. The van der Waals surface area contributed by atoms with Crippen molar-refractivity contribution < 1.29 is 14.6 Å². The Kier molecular flexibility index (Phi) is 6.11. The molecule has 1 aliphatic heterocycles. The lowest BCUT2D eigenvalue weighted by atomic mass is 9.85. The topological polar surface area (TPSA) is 70.3 Å². The zero-order valence-electron chi connectivity index (χ0n) is 20.6. The second-order valence-corrected chi connectivity index (χ2v) is 10.9. The number of carboxylic acids is 1. The predicted octanol–water partition coefficient (Wildman–Crippen LogP) is 7.19. The van der Waals surface area contributed by atoms with Gasteiger partial charge < -0.3 is 9.84 Å². The molecule has 0 saturated carbocycles. The van der Waals surface area contributed by atoms with E-state index < -0.39 is 5.97 Å². The first-order valence-electron chi connectivity index (χ1n) is 12.1. The van der Waals surface area contributed by atoms with E-state index in [1.807, 2.05) is 24.3 Å². The van der Waals surface area contributed by atoms with Crippen LogP contribution in [0.15, 0.2) is 41.3 Å². The Labute approximate surface area is 210 Å². The standard InChI is InChI=1S/C30H29NO3S/c1-16-9-17(2)30(28-18(3)10-20(14-31)11-19(28)4)24-7-8-25(29(16)24)34-22-5-6-23-21(12-27(32)33)15-35-26(23)13-22/h5-6,9-11,13,21,25H,7-8,12,15H2,1-4H3,(H,32,33). The van der Waals surface area contributed by atoms with Gasteiger partial charge in [0.2, 0.25) is 0 Å². The van der Waals surface area contributed by atoms with Gasteiger partial charge >= 0.3 is 5.97 Å². The number of benzene rings is 3. The molecule has 0 bridgehead atoms. The molecule has 0 radical (unpaired) electrons. The van der Waals surface area contributed by atoms with Crippen molar-refractivity contribution in [1.82, 2.24) is 0 Å². The van der Waals surface area contributed by atoms with E-state index in [4.69, 9.17) is 4.74 Å². The summed E-state index contributed by atoms with van der Waals surface area (Å²) in [5, 5.41) is 18.6. The molecule has 0 spiro atoms. The smallest absolute Gasteiger partial charge is 0.303 e. The van der Waals surface area contributed by atoms with Crippen LogP contribution in [0, 0.1) is 39.0 Å². The quantitative estimate of drug-likeness (QED) is 0.416. The molecular weight excluding hydrogens is 454 g/mol. The van der Waals surface area contributed by atoms with Crippen molar-refractivity contribution in [2.45, 2.75) is 63.9 Å². The average molecular weight is 484 g/mol. The molecule has 0 fully saturated rings. The second-order valence-electron chi connectivity index (χ2n) is 9.83. The zero-order chi connectivity index (χ0) is 24.9. The van der Waals surface area contributed by atoms with Crippen LogP contribution in [0.5, 0.6) is 5.75 Å². The predicted molar refractivity (Wildman–Crippen MR) is 139 cm³/mol. The molecule has 0 amide bonds. The van der Waals surface area contributed by atoms with Crippen LogP contribution in [-0.2, 0) is 11.2 Å². The van der Waals surface area contributed by atoms with Crippen molar-refractivity contribution in [3.8, 4) is 22.9 Å². The maximum Gasteiger partial charge on any atom is 0.303 e. The monoisotopic (exact) mass is 483 g/mol. The van der Waals surface area contributed by atoms with Gasteiger partial charge in [-0.05, 0) is 115 Å². The summed E-state index contributed by atoms with van der Waals surface area (Å²) in [6, 6.07) is 14.6. The molecule has 1 heterocycles. The van der Waals surface area contributed by atoms with Crippen molar-refractivity contribution >= 4 is 17.7 Å². The third-order valence-corrected chi connectivity index (χ3v) is 8.57. The molecular formula is C30H29NO3S. The fraction of sp³-hybridized carbons (Fsp3) is 0.333. The SMILES string of the molecule is Cc1cc(C#N)cc(C)c1-c1c(C)cc(C)c2c1CCC2Oc1ccc2c(c1)SCC2CC(=O)O. The molecule has 178 valence electrons. The largest absolute Gasteiger partial charge is 0.486 e. The van der Waals surface area contributed by atoms with Gasteiger partial charge in [-0.2, -0.15) is 5.26 Å². The second kappa shape index (κ2) is 9.09. The first-order chi connectivity index (χ1) is 16.8. The van der Waals surface area contributed by atoms with E-state index in [0.29, 0.717) is 5.56 Å². The number of hydrogen-bond donors (Lipinski definition) is 1. The Morgan fingerprint density at radius 1 is 1.06 bits per heavy atom. The maximum absolute atomic E-state index is 11.2. The summed E-state index contributed by atoms with van der Waals surface area (Å²) in [5.41, 5.74) is 11.8. The number of aliphatic carboxylic acids is 1. The van der Waals surface area contributed by atoms with Gasteiger partial charge in [-0.1, -0.05) is 12.1 Å². The Hall–Kier alpha value is -3.23. The van der Waals surface area contributed by atoms with Crippen LogP contribution in [0.4, 0.5) is 0 Å². The number of thioether (sulfide) groups is 1. The summed E-state index contributed by atoms with van der Waals surface area (Å²) in [6.07, 6.45) is 2.04. The molecule has 1 N–H and O–H groups in total. The van der Waals surface area contributed by atoms with Crippen molar-refractivity contribution in [3.63, 3.8) is 0 Å². The number of hydrogen-bond acceptors (Lipinski definition) is 4. The van der Waals surface area contributed by atoms with Crippen LogP contribution < -0.4 is 4.74 Å². The molecule has 2 atom stereocenters. The summed E-state index contributed by atoms with van der Waals surface area (Å²) in [4.78, 5) is 12.3. The molecule has 5 rings (SSSR count). The lowest BCUT2D eigenvalue weighted by Gasteiger charge is -2.22. The van der Waals surface area contributed by atoms with E-state index in [0.717, 1.165) is 45.9 Å². The van der Waals surface area contributed by atoms with Gasteiger partial charge in [-0.3, -0.25) is 4.79 Å². The Bertz CT molecular complexity index is 1380. The molecule has 5 heteroatoms. The third-order valence-electron chi connectivity index (χ3n) is 7.33. The van der Waals surface area contributed by atoms with Crippen molar-refractivity contribution in [2.75, 3.05) is 5.75 Å². The first-order valence-corrected chi connectivity index (χ1v) is 13.0. The zero-order valence-corrected chi connectivity index (χ0v) is 21.4. The van der Waals surface area contributed by atoms with E-state index in [1.165, 1.54) is 33.4 Å². The fourth-order valence-electron chi connectivity index (χ4n) is 5.98. The maximum atomic E-state index is 11.2. The summed E-state index contributed by atoms with van der Waals surface area (Å²) >= 11 is 1.72. The van der Waals surface area contributed by atoms with Gasteiger partial charge in [-0.25, -0.2) is 0 Å². The summed E-state index contributed by atoms with van der Waals surface area (Å²) in [7, 11) is 0. The van der Waals surface area contributed by atoms with E-state index in [-0.39, 0.29) is 18.4 Å². The van der Waals surface area contributed by atoms with Gasteiger partial charge in [-0.15, -0.1) is 11.8 Å². The van der Waals surface area contributed by atoms with Gasteiger partial charge in [0.15, 0.2) is 0 Å². The molecule has 0 saturated heterocycles. The molecule has 3 aromatic carbocycles. The highest BCUT2D eigenvalue weighted by atomic mass is 32.2. The van der Waals surface area contributed by atoms with Gasteiger partial charge in [0.05, 0.1) is 18.1 Å². The van der Waals surface area contributed by atoms with Gasteiger partial charge in [0, 0.05) is 16.6 Å². The third kappa shape index (κ3) is 4.21. The molecule has 4 nitrogen and oxygen atoms in total. The number of rotatable bonds is 5. The minimum absolute atomic E-state index is 0.0115. The summed E-state index contributed by atoms with van der Waals surface area (Å²) < 4.78 is 6.58. The number of carboxylic acid groups (broad SMARTS) is 1. The number of nitrogens with zero attached hydrogens (tertiary/aromatic N) is 1. The van der Waals surface area contributed by atoms with Crippen molar-refractivity contribution in [3.05, 3.63) is 80.9 Å². The Morgan fingerprint density at radius 2 is 1.77 bits per heavy atom. The highest BCUT2D eigenvalue weighted by Crippen LogP contribution is 2.47. The number of ether oxygens (including phenoxy) is 1. The minimum Gasteiger partial charge on any atom is -0.486 e. The molecule has 0 aromatic heterocycles. The van der Waals surface area contributed by atoms with Crippen LogP contribution in [0.1, 0.15) is 69.4 Å². The average Bonchev–Trinajstić information content (AvgIpc) is 3.39. The molecule has 2 unspecified atom stereocenters. The van der Waals surface area contributed by atoms with Gasteiger partial charge in [0.1, 0.15) is 11.9 Å². The Balaban J connectivity index is 1.50. The van der Waals surface area contributed by atoms with Crippen LogP contribution in [0.25, 0.3) is 11.1 Å². The minimum atomic E-state index is -0.749. The van der Waals surface area contributed by atoms with E-state index in [2.05, 4.69) is 45.9 Å². The fourth-order valence-corrected chi connectivity index (χ4v) is 7.25. The van der Waals surface area contributed by atoms with Crippen LogP contribution in [0.2, 0.25) is 0 Å². The number of aryl methyl sites for hydroxylation is 4. The number of carbonyl (C=O) groups is 1. The molecule has 3 aromatic rings. The highest BCUT2D eigenvalue weighted by molar-refractivity contribution is 7.99. The van der Waals surface area contributed by atoms with E-state index in [9.17, 15) is 15.2 Å². The number of fused-ring (bicyclic) bond motifs is 2. The molecule has 1 aliphatic carbocycles.